The summed E-state index contributed by atoms with van der Waals surface area (Å²) < 4.78 is 0. The van der Waals surface area contributed by atoms with Crippen LogP contribution in [0.25, 0.3) is 0 Å². The van der Waals surface area contributed by atoms with Crippen molar-refractivity contribution in [3.63, 3.8) is 0 Å². The topological polar surface area (TPSA) is 35.6 Å². The fourth-order valence-electron chi connectivity index (χ4n) is 5.84. The highest BCUT2D eigenvalue weighted by Crippen LogP contribution is 2.48. The Hall–Kier alpha value is -1.55. The molecule has 28 heavy (non-hydrogen) atoms. The van der Waals surface area contributed by atoms with Crippen LogP contribution in [-0.2, 0) is 5.41 Å². The summed E-state index contributed by atoms with van der Waals surface area (Å²) in [7, 11) is 3.63. The fourth-order valence-corrected chi connectivity index (χ4v) is 5.84. The first-order valence-electron chi connectivity index (χ1n) is 11.4. The van der Waals surface area contributed by atoms with Crippen LogP contribution in [0.5, 0.6) is 0 Å². The number of nitrogens with one attached hydrogen (secondary N) is 1. The molecule has 0 radical (unpaired) electrons. The highest BCUT2D eigenvalue weighted by atomic mass is 16.2. The van der Waals surface area contributed by atoms with E-state index < -0.39 is 0 Å². The molecule has 1 heterocycles. The number of benzene rings is 1. The summed E-state index contributed by atoms with van der Waals surface area (Å²) in [6.07, 6.45) is 12.0. The Morgan fingerprint density at radius 3 is 2.50 bits per heavy atom. The van der Waals surface area contributed by atoms with E-state index in [0.717, 1.165) is 12.3 Å². The maximum absolute atomic E-state index is 12.2. The van der Waals surface area contributed by atoms with Crippen molar-refractivity contribution in [2.24, 2.45) is 5.92 Å². The highest BCUT2D eigenvalue weighted by Gasteiger charge is 2.42. The first kappa shape index (κ1) is 19.8. The van der Waals surface area contributed by atoms with Crippen molar-refractivity contribution in [2.45, 2.75) is 69.2 Å². The van der Waals surface area contributed by atoms with E-state index in [1.807, 2.05) is 14.1 Å². The molecule has 1 saturated carbocycles. The fraction of sp³-hybridized carbons (Fsp3) is 0.708. The molecule has 4 nitrogen and oxygen atoms in total. The lowest BCUT2D eigenvalue weighted by Gasteiger charge is -2.48. The maximum atomic E-state index is 12.2. The van der Waals surface area contributed by atoms with E-state index in [4.69, 9.17) is 0 Å². The van der Waals surface area contributed by atoms with Gasteiger partial charge in [0.1, 0.15) is 0 Å². The molecule has 4 rings (SSSR count). The second-order valence-electron chi connectivity index (χ2n) is 9.61. The van der Waals surface area contributed by atoms with Crippen molar-refractivity contribution in [3.05, 3.63) is 35.4 Å². The molecule has 1 unspecified atom stereocenters. The number of carbonyl (C=O) groups is 1. The van der Waals surface area contributed by atoms with E-state index in [9.17, 15) is 4.79 Å². The zero-order chi connectivity index (χ0) is 19.6. The number of urea groups is 1. The van der Waals surface area contributed by atoms with Crippen molar-refractivity contribution in [1.82, 2.24) is 15.1 Å². The molecule has 1 aliphatic heterocycles. The van der Waals surface area contributed by atoms with Gasteiger partial charge in [0, 0.05) is 20.6 Å². The number of rotatable bonds is 3. The monoisotopic (exact) mass is 383 g/mol. The van der Waals surface area contributed by atoms with Crippen LogP contribution >= 0.6 is 0 Å². The molecule has 1 spiro atoms. The number of hydrogen-bond donors (Lipinski definition) is 1. The van der Waals surface area contributed by atoms with Gasteiger partial charge in [0.25, 0.3) is 0 Å². The van der Waals surface area contributed by atoms with Gasteiger partial charge in [-0.2, -0.15) is 0 Å². The maximum Gasteiger partial charge on any atom is 0.317 e. The summed E-state index contributed by atoms with van der Waals surface area (Å²) in [6.45, 7) is 3.79. The van der Waals surface area contributed by atoms with E-state index in [1.54, 1.807) is 4.90 Å². The second-order valence-corrected chi connectivity index (χ2v) is 9.61. The summed E-state index contributed by atoms with van der Waals surface area (Å²) in [6, 6.07) is 9.05. The van der Waals surface area contributed by atoms with Crippen molar-refractivity contribution >= 4 is 6.03 Å². The SMILES string of the molecule is CN(C)C(=O)NC1CCC2(CCN(CC3CCCCC3)CC2)c2ccccc21. The second kappa shape index (κ2) is 8.44. The summed E-state index contributed by atoms with van der Waals surface area (Å²) in [5.74, 6) is 0.937. The average molecular weight is 384 g/mol. The third kappa shape index (κ3) is 4.07. The Balaban J connectivity index is 1.44. The Morgan fingerprint density at radius 1 is 1.07 bits per heavy atom. The molecule has 4 heteroatoms. The Labute approximate surface area is 170 Å². The number of nitrogens with zero attached hydrogens (tertiary/aromatic N) is 2. The standard InChI is InChI=1S/C24H37N3O/c1-26(2)23(28)25-22-12-13-24(21-11-7-6-10-20(21)22)14-16-27(17-15-24)18-19-8-4-3-5-9-19/h6-7,10-11,19,22H,3-5,8-9,12-18H2,1-2H3,(H,25,28). The molecule has 1 atom stereocenters. The number of amides is 2. The number of carbonyl (C=O) groups excluding carboxylic acids is 1. The Kier molecular flexibility index (Phi) is 5.96. The van der Waals surface area contributed by atoms with Gasteiger partial charge in [-0.05, 0) is 74.1 Å². The molecule has 2 amide bonds. The average Bonchev–Trinajstić information content (AvgIpc) is 2.73. The van der Waals surface area contributed by atoms with Crippen LogP contribution < -0.4 is 5.32 Å². The molecule has 1 aromatic carbocycles. The lowest BCUT2D eigenvalue weighted by Crippen LogP contribution is -2.48. The lowest BCUT2D eigenvalue weighted by atomic mass is 9.63. The van der Waals surface area contributed by atoms with Gasteiger partial charge in [0.15, 0.2) is 0 Å². The van der Waals surface area contributed by atoms with Gasteiger partial charge in [-0.3, -0.25) is 0 Å². The zero-order valence-corrected chi connectivity index (χ0v) is 17.8. The van der Waals surface area contributed by atoms with Crippen molar-refractivity contribution in [1.29, 1.82) is 0 Å². The summed E-state index contributed by atoms with van der Waals surface area (Å²) in [5.41, 5.74) is 3.17. The highest BCUT2D eigenvalue weighted by molar-refractivity contribution is 5.74. The predicted molar refractivity (Wildman–Crippen MR) is 115 cm³/mol. The van der Waals surface area contributed by atoms with Crippen LogP contribution in [-0.4, -0.2) is 49.6 Å². The Morgan fingerprint density at radius 2 is 1.79 bits per heavy atom. The third-order valence-electron chi connectivity index (χ3n) is 7.58. The minimum atomic E-state index is 0.0121. The van der Waals surface area contributed by atoms with Gasteiger partial charge >= 0.3 is 6.03 Å². The van der Waals surface area contributed by atoms with Crippen LogP contribution in [0.15, 0.2) is 24.3 Å². The van der Waals surface area contributed by atoms with Crippen LogP contribution in [0.3, 0.4) is 0 Å². The van der Waals surface area contributed by atoms with Crippen LogP contribution in [0, 0.1) is 5.92 Å². The molecule has 1 saturated heterocycles. The molecular weight excluding hydrogens is 346 g/mol. The molecule has 2 aliphatic carbocycles. The van der Waals surface area contributed by atoms with Gasteiger partial charge in [-0.1, -0.05) is 43.5 Å². The smallest absolute Gasteiger partial charge is 0.317 e. The summed E-state index contributed by atoms with van der Waals surface area (Å²) in [5, 5.41) is 3.24. The lowest BCUT2D eigenvalue weighted by molar-refractivity contribution is 0.114. The number of likely N-dealkylation sites (tertiary alicyclic amines) is 1. The summed E-state index contributed by atoms with van der Waals surface area (Å²) in [4.78, 5) is 16.6. The van der Waals surface area contributed by atoms with E-state index in [-0.39, 0.29) is 12.1 Å². The van der Waals surface area contributed by atoms with Gasteiger partial charge in [-0.15, -0.1) is 0 Å². The van der Waals surface area contributed by atoms with Gasteiger partial charge in [-0.25, -0.2) is 4.79 Å². The van der Waals surface area contributed by atoms with Crippen LogP contribution in [0.2, 0.25) is 0 Å². The number of hydrogen-bond acceptors (Lipinski definition) is 2. The van der Waals surface area contributed by atoms with Crippen LogP contribution in [0.4, 0.5) is 4.79 Å². The van der Waals surface area contributed by atoms with Crippen molar-refractivity contribution < 1.29 is 4.79 Å². The first-order chi connectivity index (χ1) is 13.6. The van der Waals surface area contributed by atoms with Gasteiger partial charge in [0.05, 0.1) is 6.04 Å². The minimum Gasteiger partial charge on any atom is -0.331 e. The Bertz CT molecular complexity index is 672. The predicted octanol–water partition coefficient (Wildman–Crippen LogP) is 4.71. The molecule has 1 aromatic rings. The normalized spacial score (nSPS) is 25.3. The molecule has 0 aromatic heterocycles. The third-order valence-corrected chi connectivity index (χ3v) is 7.58. The molecule has 0 bridgehead atoms. The van der Waals surface area contributed by atoms with E-state index in [2.05, 4.69) is 34.5 Å². The number of fused-ring (bicyclic) bond motifs is 2. The summed E-state index contributed by atoms with van der Waals surface area (Å²) >= 11 is 0. The largest absolute Gasteiger partial charge is 0.331 e. The van der Waals surface area contributed by atoms with Crippen molar-refractivity contribution in [2.75, 3.05) is 33.7 Å². The molecule has 154 valence electrons. The van der Waals surface area contributed by atoms with Crippen molar-refractivity contribution in [3.8, 4) is 0 Å². The molecule has 1 N–H and O–H groups in total. The first-order valence-corrected chi connectivity index (χ1v) is 11.4. The van der Waals surface area contributed by atoms with Crippen LogP contribution in [0.1, 0.15) is 75.0 Å². The quantitative estimate of drug-likeness (QED) is 0.821. The van der Waals surface area contributed by atoms with E-state index in [1.165, 1.54) is 82.1 Å². The molecular formula is C24H37N3O. The zero-order valence-electron chi connectivity index (χ0n) is 17.8. The van der Waals surface area contributed by atoms with Gasteiger partial charge < -0.3 is 15.1 Å². The number of piperidine rings is 1. The minimum absolute atomic E-state index is 0.0121. The molecule has 3 aliphatic rings. The molecule has 2 fully saturated rings. The van der Waals surface area contributed by atoms with E-state index in [0.29, 0.717) is 5.41 Å². The van der Waals surface area contributed by atoms with Gasteiger partial charge in [0.2, 0.25) is 0 Å². The van der Waals surface area contributed by atoms with E-state index >= 15 is 0 Å².